The first-order valence-corrected chi connectivity index (χ1v) is 10.2. The van der Waals surface area contributed by atoms with Gasteiger partial charge in [-0.1, -0.05) is 40.7 Å². The number of ether oxygens (including phenoxy) is 1. The SMILES string of the molecule is CCN(CC)CCNC(=O)NCCCOc1ccc(C(C)(C)C)cc1Br. The highest BCUT2D eigenvalue weighted by molar-refractivity contribution is 9.10. The van der Waals surface area contributed by atoms with Crippen LogP contribution in [0.2, 0.25) is 0 Å². The minimum atomic E-state index is -0.118. The van der Waals surface area contributed by atoms with Gasteiger partial charge in [0.25, 0.3) is 0 Å². The molecule has 0 aliphatic rings. The molecule has 26 heavy (non-hydrogen) atoms. The van der Waals surface area contributed by atoms with Gasteiger partial charge in [-0.2, -0.15) is 0 Å². The van der Waals surface area contributed by atoms with Gasteiger partial charge in [0.2, 0.25) is 0 Å². The van der Waals surface area contributed by atoms with Crippen LogP contribution in [0, 0.1) is 0 Å². The lowest BCUT2D eigenvalue weighted by Gasteiger charge is -2.20. The van der Waals surface area contributed by atoms with Crippen molar-refractivity contribution in [3.8, 4) is 5.75 Å². The van der Waals surface area contributed by atoms with Crippen LogP contribution in [0.1, 0.15) is 46.6 Å². The van der Waals surface area contributed by atoms with Crippen molar-refractivity contribution in [1.82, 2.24) is 15.5 Å². The molecule has 6 heteroatoms. The zero-order chi connectivity index (χ0) is 19.6. The van der Waals surface area contributed by atoms with Crippen LogP contribution in [-0.4, -0.2) is 50.3 Å². The second-order valence-corrected chi connectivity index (χ2v) is 8.16. The Morgan fingerprint density at radius 2 is 1.81 bits per heavy atom. The second-order valence-electron chi connectivity index (χ2n) is 7.31. The molecular weight excluding hydrogens is 394 g/mol. The number of benzene rings is 1. The van der Waals surface area contributed by atoms with Crippen molar-refractivity contribution in [3.05, 3.63) is 28.2 Å². The summed E-state index contributed by atoms with van der Waals surface area (Å²) >= 11 is 3.58. The predicted octanol–water partition coefficient (Wildman–Crippen LogP) is 4.16. The van der Waals surface area contributed by atoms with E-state index in [1.807, 2.05) is 6.07 Å². The van der Waals surface area contributed by atoms with Crippen molar-refractivity contribution in [2.75, 3.05) is 39.3 Å². The van der Waals surface area contributed by atoms with Gasteiger partial charge >= 0.3 is 6.03 Å². The van der Waals surface area contributed by atoms with Crippen LogP contribution < -0.4 is 15.4 Å². The summed E-state index contributed by atoms with van der Waals surface area (Å²) in [4.78, 5) is 14.0. The van der Waals surface area contributed by atoms with Crippen LogP contribution in [0.3, 0.4) is 0 Å². The summed E-state index contributed by atoms with van der Waals surface area (Å²) in [5, 5.41) is 5.74. The molecule has 2 N–H and O–H groups in total. The molecule has 148 valence electrons. The van der Waals surface area contributed by atoms with Crippen LogP contribution in [0.15, 0.2) is 22.7 Å². The van der Waals surface area contributed by atoms with Gasteiger partial charge in [-0.25, -0.2) is 4.79 Å². The van der Waals surface area contributed by atoms with Crippen molar-refractivity contribution in [2.45, 2.75) is 46.5 Å². The Morgan fingerprint density at radius 3 is 2.38 bits per heavy atom. The zero-order valence-electron chi connectivity index (χ0n) is 16.8. The van der Waals surface area contributed by atoms with Crippen molar-refractivity contribution in [3.63, 3.8) is 0 Å². The number of likely N-dealkylation sites (N-methyl/N-ethyl adjacent to an activating group) is 1. The molecule has 0 saturated carbocycles. The molecule has 0 bridgehead atoms. The summed E-state index contributed by atoms with van der Waals surface area (Å²) in [6.45, 7) is 15.5. The maximum Gasteiger partial charge on any atom is 0.314 e. The van der Waals surface area contributed by atoms with Crippen LogP contribution in [0.25, 0.3) is 0 Å². The Morgan fingerprint density at radius 1 is 1.15 bits per heavy atom. The normalized spacial score (nSPS) is 11.5. The van der Waals surface area contributed by atoms with Crippen LogP contribution in [-0.2, 0) is 5.41 Å². The third kappa shape index (κ3) is 8.41. The fourth-order valence-corrected chi connectivity index (χ4v) is 2.96. The van der Waals surface area contributed by atoms with Gasteiger partial charge in [-0.05, 0) is 58.6 Å². The number of amides is 2. The number of rotatable bonds is 10. The Balaban J connectivity index is 2.22. The third-order valence-corrected chi connectivity index (χ3v) is 4.89. The first kappa shape index (κ1) is 22.8. The highest BCUT2D eigenvalue weighted by Crippen LogP contribution is 2.31. The zero-order valence-corrected chi connectivity index (χ0v) is 18.4. The molecule has 1 aromatic carbocycles. The summed E-state index contributed by atoms with van der Waals surface area (Å²) in [7, 11) is 0. The van der Waals surface area contributed by atoms with E-state index in [-0.39, 0.29) is 11.4 Å². The van der Waals surface area contributed by atoms with E-state index in [1.54, 1.807) is 0 Å². The van der Waals surface area contributed by atoms with Gasteiger partial charge in [-0.3, -0.25) is 0 Å². The average molecular weight is 428 g/mol. The lowest BCUT2D eigenvalue weighted by Crippen LogP contribution is -2.40. The first-order chi connectivity index (χ1) is 12.3. The lowest BCUT2D eigenvalue weighted by molar-refractivity contribution is 0.235. The summed E-state index contributed by atoms with van der Waals surface area (Å²) in [6, 6.07) is 6.09. The number of carbonyl (C=O) groups is 1. The van der Waals surface area contributed by atoms with Gasteiger partial charge in [0.1, 0.15) is 5.75 Å². The molecule has 0 aliphatic carbocycles. The van der Waals surface area contributed by atoms with Crippen LogP contribution in [0.5, 0.6) is 5.75 Å². The number of hydrogen-bond donors (Lipinski definition) is 2. The molecule has 0 aliphatic heterocycles. The fraction of sp³-hybridized carbons (Fsp3) is 0.650. The minimum absolute atomic E-state index is 0.115. The molecular formula is C20H34BrN3O2. The smallest absolute Gasteiger partial charge is 0.314 e. The molecule has 0 radical (unpaired) electrons. The van der Waals surface area contributed by atoms with E-state index in [0.29, 0.717) is 19.7 Å². The van der Waals surface area contributed by atoms with E-state index < -0.39 is 0 Å². The molecule has 0 aromatic heterocycles. The molecule has 0 saturated heterocycles. The number of carbonyl (C=O) groups excluding carboxylic acids is 1. The lowest BCUT2D eigenvalue weighted by atomic mass is 9.87. The van der Waals surface area contributed by atoms with Gasteiger partial charge in [-0.15, -0.1) is 0 Å². The van der Waals surface area contributed by atoms with Crippen LogP contribution >= 0.6 is 15.9 Å². The average Bonchev–Trinajstić information content (AvgIpc) is 2.58. The maximum atomic E-state index is 11.7. The number of hydrogen-bond acceptors (Lipinski definition) is 3. The van der Waals surface area contributed by atoms with Crippen molar-refractivity contribution in [1.29, 1.82) is 0 Å². The monoisotopic (exact) mass is 427 g/mol. The third-order valence-electron chi connectivity index (χ3n) is 4.27. The first-order valence-electron chi connectivity index (χ1n) is 9.44. The quantitative estimate of drug-likeness (QED) is 0.551. The highest BCUT2D eigenvalue weighted by atomic mass is 79.9. The molecule has 0 heterocycles. The Labute approximate surface area is 167 Å². The van der Waals surface area contributed by atoms with Gasteiger partial charge in [0.15, 0.2) is 0 Å². The topological polar surface area (TPSA) is 53.6 Å². The summed E-state index contributed by atoms with van der Waals surface area (Å²) in [6.07, 6.45) is 0.761. The Bertz CT molecular complexity index is 554. The predicted molar refractivity (Wildman–Crippen MR) is 112 cm³/mol. The van der Waals surface area contributed by atoms with Gasteiger partial charge in [0.05, 0.1) is 11.1 Å². The maximum absolute atomic E-state index is 11.7. The summed E-state index contributed by atoms with van der Waals surface area (Å²) in [5.41, 5.74) is 1.38. The van der Waals surface area contributed by atoms with E-state index in [4.69, 9.17) is 4.74 Å². The van der Waals surface area contributed by atoms with Crippen molar-refractivity contribution in [2.24, 2.45) is 0 Å². The van der Waals surface area contributed by atoms with E-state index in [9.17, 15) is 4.79 Å². The molecule has 5 nitrogen and oxygen atoms in total. The number of urea groups is 1. The van der Waals surface area contributed by atoms with E-state index >= 15 is 0 Å². The highest BCUT2D eigenvalue weighted by Gasteiger charge is 2.15. The number of halogens is 1. The molecule has 0 atom stereocenters. The van der Waals surface area contributed by atoms with Gasteiger partial charge in [0, 0.05) is 19.6 Å². The van der Waals surface area contributed by atoms with Crippen molar-refractivity contribution < 1.29 is 9.53 Å². The van der Waals surface area contributed by atoms with E-state index in [1.165, 1.54) is 5.56 Å². The second kappa shape index (κ2) is 11.4. The number of nitrogens with zero attached hydrogens (tertiary/aromatic N) is 1. The van der Waals surface area contributed by atoms with Crippen LogP contribution in [0.4, 0.5) is 4.79 Å². The molecule has 0 spiro atoms. The molecule has 0 fully saturated rings. The van der Waals surface area contributed by atoms with E-state index in [2.05, 4.69) is 78.2 Å². The minimum Gasteiger partial charge on any atom is -0.492 e. The Hall–Kier alpha value is -1.27. The van der Waals surface area contributed by atoms with Crippen molar-refractivity contribution >= 4 is 22.0 Å². The summed E-state index contributed by atoms with van der Waals surface area (Å²) in [5.74, 6) is 0.835. The Kier molecular flexibility index (Phi) is 10.0. The molecule has 1 rings (SSSR count). The van der Waals surface area contributed by atoms with E-state index in [0.717, 1.165) is 36.3 Å². The summed E-state index contributed by atoms with van der Waals surface area (Å²) < 4.78 is 6.77. The number of nitrogens with one attached hydrogen (secondary N) is 2. The van der Waals surface area contributed by atoms with Gasteiger partial charge < -0.3 is 20.3 Å². The molecule has 2 amide bonds. The fourth-order valence-electron chi connectivity index (χ4n) is 2.47. The molecule has 1 aromatic rings. The largest absolute Gasteiger partial charge is 0.492 e. The molecule has 0 unspecified atom stereocenters. The standard InChI is InChI=1S/C20H34BrN3O2/c1-6-24(7-2)13-12-23-19(25)22-11-8-14-26-18-10-9-16(15-17(18)21)20(3,4)5/h9-10,15H,6-8,11-14H2,1-5H3,(H2,22,23,25).